The zero-order chi connectivity index (χ0) is 15.1. The number of nitrogens with two attached hydrogens (primary N) is 1. The summed E-state index contributed by atoms with van der Waals surface area (Å²) in [5, 5.41) is 18.6. The molecule has 21 heavy (non-hydrogen) atoms. The molecule has 8 nitrogen and oxygen atoms in total. The predicted molar refractivity (Wildman–Crippen MR) is 71.4 cm³/mol. The molecular formula is C11H13ClFN5O3. The number of nitrogen functional groups attached to an aromatic ring is 1. The average Bonchev–Trinajstić information content (AvgIpc) is 2.96. The molecule has 0 amide bonds. The molecule has 1 aliphatic heterocycles. The van der Waals surface area contributed by atoms with Gasteiger partial charge < -0.3 is 25.3 Å². The van der Waals surface area contributed by atoms with Gasteiger partial charge in [-0.15, -0.1) is 0 Å². The lowest BCUT2D eigenvalue weighted by Crippen LogP contribution is -2.31. The van der Waals surface area contributed by atoms with E-state index in [-0.39, 0.29) is 17.6 Å². The fourth-order valence-corrected chi connectivity index (χ4v) is 2.54. The third kappa shape index (κ3) is 2.42. The third-order valence-corrected chi connectivity index (χ3v) is 3.60. The van der Waals surface area contributed by atoms with Gasteiger partial charge in [0.05, 0.1) is 19.5 Å². The van der Waals surface area contributed by atoms with Crippen LogP contribution in [0.1, 0.15) is 0 Å². The van der Waals surface area contributed by atoms with Crippen LogP contribution in [0.2, 0.25) is 5.28 Å². The first-order chi connectivity index (χ1) is 10.0. The molecule has 0 radical (unpaired) electrons. The molecule has 0 aliphatic carbocycles. The number of imidazole rings is 1. The Hall–Kier alpha value is -1.55. The molecule has 1 fully saturated rings. The number of nitrogens with zero attached hydrogens (tertiary/aromatic N) is 4. The zero-order valence-corrected chi connectivity index (χ0v) is 11.5. The molecule has 0 bridgehead atoms. The monoisotopic (exact) mass is 317 g/mol. The van der Waals surface area contributed by atoms with Crippen molar-refractivity contribution in [1.82, 2.24) is 19.5 Å². The number of alkyl halides is 1. The van der Waals surface area contributed by atoms with Crippen LogP contribution in [0, 0.1) is 0 Å². The van der Waals surface area contributed by atoms with Crippen LogP contribution in [-0.4, -0.2) is 60.8 Å². The van der Waals surface area contributed by atoms with E-state index in [1.807, 2.05) is 0 Å². The first-order valence-corrected chi connectivity index (χ1v) is 6.61. The van der Waals surface area contributed by atoms with Gasteiger partial charge in [-0.3, -0.25) is 0 Å². The second-order valence-corrected chi connectivity index (χ2v) is 5.12. The van der Waals surface area contributed by atoms with Crippen molar-refractivity contribution in [3.63, 3.8) is 0 Å². The van der Waals surface area contributed by atoms with Gasteiger partial charge in [-0.25, -0.2) is 9.37 Å². The molecule has 0 aromatic carbocycles. The van der Waals surface area contributed by atoms with E-state index in [0.717, 1.165) is 0 Å². The maximum absolute atomic E-state index is 14.0. The number of hydrogen-bond acceptors (Lipinski definition) is 7. The molecule has 1 saturated heterocycles. The smallest absolute Gasteiger partial charge is 0.226 e. The highest BCUT2D eigenvalue weighted by molar-refractivity contribution is 6.28. The number of rotatable bonds is 3. The van der Waals surface area contributed by atoms with E-state index in [4.69, 9.17) is 27.2 Å². The molecule has 10 heteroatoms. The summed E-state index contributed by atoms with van der Waals surface area (Å²) in [5.74, 6) is 0.126. The molecule has 4 atom stereocenters. The molecule has 0 saturated carbocycles. The van der Waals surface area contributed by atoms with E-state index in [1.165, 1.54) is 10.9 Å². The van der Waals surface area contributed by atoms with Gasteiger partial charge >= 0.3 is 0 Å². The predicted octanol–water partition coefficient (Wildman–Crippen LogP) is -0.479. The van der Waals surface area contributed by atoms with Crippen molar-refractivity contribution >= 4 is 28.6 Å². The summed E-state index contributed by atoms with van der Waals surface area (Å²) < 4.78 is 20.8. The summed E-state index contributed by atoms with van der Waals surface area (Å²) >= 11 is 5.75. The average molecular weight is 318 g/mol. The van der Waals surface area contributed by atoms with Crippen molar-refractivity contribution < 1.29 is 19.3 Å². The highest BCUT2D eigenvalue weighted by atomic mass is 35.5. The SMILES string of the molecule is Nc1nc(Cl)nc2c1ncn2C[C@@H]1O[C@H](CO)[C@@H](O)[C@@H]1F. The number of aromatic nitrogens is 4. The molecular weight excluding hydrogens is 305 g/mol. The Morgan fingerprint density at radius 3 is 2.86 bits per heavy atom. The third-order valence-electron chi connectivity index (χ3n) is 3.43. The van der Waals surface area contributed by atoms with E-state index in [0.29, 0.717) is 11.2 Å². The quantitative estimate of drug-likeness (QED) is 0.654. The van der Waals surface area contributed by atoms with E-state index in [2.05, 4.69) is 15.0 Å². The lowest BCUT2D eigenvalue weighted by Gasteiger charge is -2.13. The van der Waals surface area contributed by atoms with Crippen LogP contribution in [0.3, 0.4) is 0 Å². The van der Waals surface area contributed by atoms with Crippen LogP contribution in [0.5, 0.6) is 0 Å². The highest BCUT2D eigenvalue weighted by Gasteiger charge is 2.43. The molecule has 114 valence electrons. The van der Waals surface area contributed by atoms with E-state index in [1.54, 1.807) is 0 Å². The fourth-order valence-electron chi connectivity index (χ4n) is 2.37. The highest BCUT2D eigenvalue weighted by Crippen LogP contribution is 2.26. The van der Waals surface area contributed by atoms with Gasteiger partial charge in [-0.1, -0.05) is 0 Å². The van der Waals surface area contributed by atoms with Crippen LogP contribution in [0.15, 0.2) is 6.33 Å². The molecule has 2 aromatic rings. The molecule has 3 rings (SSSR count). The van der Waals surface area contributed by atoms with Crippen molar-refractivity contribution in [2.75, 3.05) is 12.3 Å². The van der Waals surface area contributed by atoms with Crippen LogP contribution in [0.4, 0.5) is 10.2 Å². The molecule has 1 aliphatic rings. The minimum absolute atomic E-state index is 0.0424. The Kier molecular flexibility index (Phi) is 3.66. The van der Waals surface area contributed by atoms with E-state index < -0.39 is 31.1 Å². The summed E-state index contributed by atoms with van der Waals surface area (Å²) in [5.41, 5.74) is 6.39. The van der Waals surface area contributed by atoms with Crippen LogP contribution >= 0.6 is 11.6 Å². The molecule has 2 aromatic heterocycles. The van der Waals surface area contributed by atoms with Crippen LogP contribution < -0.4 is 5.73 Å². The Morgan fingerprint density at radius 2 is 2.19 bits per heavy atom. The van der Waals surface area contributed by atoms with Gasteiger partial charge in [-0.05, 0) is 11.6 Å². The summed E-state index contributed by atoms with van der Waals surface area (Å²) in [6.07, 6.45) is -3.43. The molecule has 0 unspecified atom stereocenters. The Labute approximate surface area is 123 Å². The first-order valence-electron chi connectivity index (χ1n) is 6.23. The van der Waals surface area contributed by atoms with Gasteiger partial charge in [0, 0.05) is 0 Å². The number of halogens is 2. The van der Waals surface area contributed by atoms with Crippen LogP contribution in [-0.2, 0) is 11.3 Å². The largest absolute Gasteiger partial charge is 0.394 e. The Morgan fingerprint density at radius 1 is 1.43 bits per heavy atom. The fraction of sp³-hybridized carbons (Fsp3) is 0.545. The van der Waals surface area contributed by atoms with Gasteiger partial charge in [0.25, 0.3) is 0 Å². The van der Waals surface area contributed by atoms with Gasteiger partial charge in [0.1, 0.15) is 23.8 Å². The lowest BCUT2D eigenvalue weighted by atomic mass is 10.1. The Bertz CT molecular complexity index is 669. The minimum atomic E-state index is -1.62. The van der Waals surface area contributed by atoms with Gasteiger partial charge in [0.2, 0.25) is 5.28 Å². The van der Waals surface area contributed by atoms with Crippen molar-refractivity contribution in [2.45, 2.75) is 31.0 Å². The van der Waals surface area contributed by atoms with Crippen molar-refractivity contribution in [3.8, 4) is 0 Å². The summed E-state index contributed by atoms with van der Waals surface area (Å²) in [7, 11) is 0. The summed E-state index contributed by atoms with van der Waals surface area (Å²) in [6, 6.07) is 0. The Balaban J connectivity index is 1.89. The van der Waals surface area contributed by atoms with Crippen molar-refractivity contribution in [2.24, 2.45) is 0 Å². The number of anilines is 1. The molecule has 4 N–H and O–H groups in total. The topological polar surface area (TPSA) is 119 Å². The number of ether oxygens (including phenoxy) is 1. The number of fused-ring (bicyclic) bond motifs is 1. The number of aliphatic hydroxyl groups excluding tert-OH is 2. The number of hydrogen-bond donors (Lipinski definition) is 3. The minimum Gasteiger partial charge on any atom is -0.394 e. The lowest BCUT2D eigenvalue weighted by molar-refractivity contribution is -0.0257. The van der Waals surface area contributed by atoms with Gasteiger partial charge in [-0.2, -0.15) is 9.97 Å². The maximum atomic E-state index is 14.0. The second-order valence-electron chi connectivity index (χ2n) is 4.78. The molecule has 3 heterocycles. The first kappa shape index (κ1) is 14.4. The van der Waals surface area contributed by atoms with E-state index >= 15 is 0 Å². The molecule has 0 spiro atoms. The number of aliphatic hydroxyl groups is 2. The maximum Gasteiger partial charge on any atom is 0.226 e. The second kappa shape index (κ2) is 5.34. The zero-order valence-electron chi connectivity index (χ0n) is 10.7. The van der Waals surface area contributed by atoms with Crippen LogP contribution in [0.25, 0.3) is 11.2 Å². The van der Waals surface area contributed by atoms with Gasteiger partial charge in [0.15, 0.2) is 17.6 Å². The normalized spacial score (nSPS) is 29.3. The standard InChI is InChI=1S/C11H13ClFN5O3/c12-11-16-9(14)7-10(17-11)18(3-15-7)1-4-6(13)8(20)5(2-19)21-4/h3-6,8,19-20H,1-2H2,(H2,14,16,17)/t4-,5+,6+,8+/m0/s1. The summed E-state index contributed by atoms with van der Waals surface area (Å²) in [4.78, 5) is 11.8. The summed E-state index contributed by atoms with van der Waals surface area (Å²) in [6.45, 7) is -0.401. The van der Waals surface area contributed by atoms with Crippen molar-refractivity contribution in [3.05, 3.63) is 11.6 Å². The van der Waals surface area contributed by atoms with Crippen molar-refractivity contribution in [1.29, 1.82) is 0 Å². The van der Waals surface area contributed by atoms with E-state index in [9.17, 15) is 9.50 Å².